The summed E-state index contributed by atoms with van der Waals surface area (Å²) in [6, 6.07) is 24.0. The van der Waals surface area contributed by atoms with Crippen LogP contribution in [0.2, 0.25) is 0 Å². The van der Waals surface area contributed by atoms with Gasteiger partial charge in [-0.15, -0.1) is 0 Å². The van der Waals surface area contributed by atoms with Crippen molar-refractivity contribution in [2.45, 2.75) is 19.5 Å². The van der Waals surface area contributed by atoms with Crippen LogP contribution in [-0.4, -0.2) is 11.8 Å². The molecule has 1 N–H and O–H groups in total. The van der Waals surface area contributed by atoms with Gasteiger partial charge in [0.25, 0.3) is 5.91 Å². The molecule has 0 radical (unpaired) electrons. The zero-order valence-electron chi connectivity index (χ0n) is 19.3. The van der Waals surface area contributed by atoms with Gasteiger partial charge in [-0.25, -0.2) is 13.2 Å². The van der Waals surface area contributed by atoms with E-state index in [4.69, 9.17) is 0 Å². The molecule has 0 aliphatic rings. The first-order valence-corrected chi connectivity index (χ1v) is 11.3. The lowest BCUT2D eigenvalue weighted by molar-refractivity contribution is -0.120. The summed E-state index contributed by atoms with van der Waals surface area (Å²) in [5.74, 6) is -1.95. The number of halogens is 3. The number of benzene rings is 4. The maximum atomic E-state index is 13.8. The normalized spacial score (nSPS) is 10.6. The molecule has 7 heteroatoms. The van der Waals surface area contributed by atoms with Crippen LogP contribution in [0.5, 0.6) is 0 Å². The summed E-state index contributed by atoms with van der Waals surface area (Å²) >= 11 is 0. The molecule has 4 rings (SSSR count). The summed E-state index contributed by atoms with van der Waals surface area (Å²) in [6.07, 6.45) is 0.0631. The van der Waals surface area contributed by atoms with Crippen molar-refractivity contribution in [3.63, 3.8) is 0 Å². The zero-order valence-corrected chi connectivity index (χ0v) is 19.3. The van der Waals surface area contributed by atoms with E-state index in [0.717, 1.165) is 11.6 Å². The Labute approximate surface area is 207 Å². The van der Waals surface area contributed by atoms with Crippen LogP contribution in [0.3, 0.4) is 0 Å². The molecule has 0 aromatic heterocycles. The Bertz CT molecular complexity index is 1360. The molecule has 0 bridgehead atoms. The van der Waals surface area contributed by atoms with Gasteiger partial charge in [0.1, 0.15) is 17.5 Å². The molecular formula is C29H23F3N2O2. The van der Waals surface area contributed by atoms with Crippen LogP contribution in [0, 0.1) is 17.5 Å². The molecule has 0 fully saturated rings. The summed E-state index contributed by atoms with van der Waals surface area (Å²) in [5, 5.41) is 2.80. The smallest absolute Gasteiger partial charge is 0.258 e. The third kappa shape index (κ3) is 6.60. The topological polar surface area (TPSA) is 49.4 Å². The van der Waals surface area contributed by atoms with Crippen molar-refractivity contribution in [3.8, 4) is 0 Å². The van der Waals surface area contributed by atoms with Crippen LogP contribution in [0.1, 0.15) is 27.0 Å². The third-order valence-corrected chi connectivity index (χ3v) is 5.56. The highest BCUT2D eigenvalue weighted by Gasteiger charge is 2.19. The molecule has 36 heavy (non-hydrogen) atoms. The molecule has 0 spiro atoms. The fourth-order valence-electron chi connectivity index (χ4n) is 3.72. The van der Waals surface area contributed by atoms with Crippen LogP contribution in [0.25, 0.3) is 0 Å². The van der Waals surface area contributed by atoms with Crippen molar-refractivity contribution in [2.75, 3.05) is 4.90 Å². The van der Waals surface area contributed by atoms with Crippen LogP contribution in [0.15, 0.2) is 97.1 Å². The Morgan fingerprint density at radius 2 is 1.31 bits per heavy atom. The zero-order chi connectivity index (χ0) is 25.5. The van der Waals surface area contributed by atoms with Crippen molar-refractivity contribution in [3.05, 3.63) is 137 Å². The lowest BCUT2D eigenvalue weighted by Gasteiger charge is -2.24. The molecule has 0 heterocycles. The van der Waals surface area contributed by atoms with E-state index in [9.17, 15) is 22.8 Å². The predicted molar refractivity (Wildman–Crippen MR) is 132 cm³/mol. The van der Waals surface area contributed by atoms with Crippen LogP contribution < -0.4 is 10.2 Å². The Hall–Kier alpha value is -4.39. The first-order chi connectivity index (χ1) is 17.4. The second kappa shape index (κ2) is 11.4. The molecular weight excluding hydrogens is 465 g/mol. The highest BCUT2D eigenvalue weighted by Crippen LogP contribution is 2.23. The summed E-state index contributed by atoms with van der Waals surface area (Å²) in [5.41, 5.74) is 2.80. The average molecular weight is 489 g/mol. The average Bonchev–Trinajstić information content (AvgIpc) is 2.88. The van der Waals surface area contributed by atoms with E-state index in [1.165, 1.54) is 47.4 Å². The standard InChI is InChI=1S/C29H23F3N2O2/c30-24-11-7-20(8-12-24)18-33-28(35)16-22-3-1-6-27(15-22)34(19-21-9-13-25(31)14-10-21)29(36)23-4-2-5-26(32)17-23/h1-15,17H,16,18-19H2,(H,33,35). The number of anilines is 1. The first kappa shape index (κ1) is 24.7. The molecule has 4 nitrogen and oxygen atoms in total. The molecule has 0 atom stereocenters. The van der Waals surface area contributed by atoms with E-state index in [-0.39, 0.29) is 36.8 Å². The molecule has 0 aliphatic carbocycles. The van der Waals surface area contributed by atoms with Gasteiger partial charge in [-0.05, 0) is 71.3 Å². The minimum Gasteiger partial charge on any atom is -0.352 e. The van der Waals surface area contributed by atoms with Gasteiger partial charge in [0.05, 0.1) is 13.0 Å². The van der Waals surface area contributed by atoms with Gasteiger partial charge in [-0.1, -0.05) is 42.5 Å². The molecule has 0 aliphatic heterocycles. The second-order valence-corrected chi connectivity index (χ2v) is 8.28. The van der Waals surface area contributed by atoms with Crippen molar-refractivity contribution < 1.29 is 22.8 Å². The molecule has 0 unspecified atom stereocenters. The summed E-state index contributed by atoms with van der Waals surface area (Å²) < 4.78 is 40.3. The summed E-state index contributed by atoms with van der Waals surface area (Å²) in [4.78, 5) is 27.3. The summed E-state index contributed by atoms with van der Waals surface area (Å²) in [7, 11) is 0. The fourth-order valence-corrected chi connectivity index (χ4v) is 3.72. The number of rotatable bonds is 8. The molecule has 182 valence electrons. The third-order valence-electron chi connectivity index (χ3n) is 5.56. The largest absolute Gasteiger partial charge is 0.352 e. The van der Waals surface area contributed by atoms with Gasteiger partial charge in [-0.3, -0.25) is 9.59 Å². The van der Waals surface area contributed by atoms with Gasteiger partial charge < -0.3 is 10.2 Å². The van der Waals surface area contributed by atoms with Gasteiger partial charge >= 0.3 is 0 Å². The minimum absolute atomic E-state index is 0.0631. The molecule has 4 aromatic rings. The van der Waals surface area contributed by atoms with Gasteiger partial charge in [-0.2, -0.15) is 0 Å². The molecule has 4 aromatic carbocycles. The Balaban J connectivity index is 1.54. The lowest BCUT2D eigenvalue weighted by atomic mass is 10.1. The van der Waals surface area contributed by atoms with Crippen molar-refractivity contribution in [2.24, 2.45) is 0 Å². The van der Waals surface area contributed by atoms with Gasteiger partial charge in [0.2, 0.25) is 5.91 Å². The van der Waals surface area contributed by atoms with Gasteiger partial charge in [0, 0.05) is 17.8 Å². The first-order valence-electron chi connectivity index (χ1n) is 11.3. The van der Waals surface area contributed by atoms with E-state index < -0.39 is 17.5 Å². The van der Waals surface area contributed by atoms with Crippen LogP contribution in [-0.2, 0) is 24.3 Å². The SMILES string of the molecule is O=C(Cc1cccc(N(Cc2ccc(F)cc2)C(=O)c2cccc(F)c2)c1)NCc1ccc(F)cc1. The van der Waals surface area contributed by atoms with E-state index in [1.54, 1.807) is 48.5 Å². The van der Waals surface area contributed by atoms with E-state index in [0.29, 0.717) is 16.8 Å². The van der Waals surface area contributed by atoms with Crippen LogP contribution in [0.4, 0.5) is 18.9 Å². The lowest BCUT2D eigenvalue weighted by Crippen LogP contribution is -2.30. The van der Waals surface area contributed by atoms with Crippen molar-refractivity contribution >= 4 is 17.5 Å². The van der Waals surface area contributed by atoms with Crippen molar-refractivity contribution in [1.82, 2.24) is 5.32 Å². The minimum atomic E-state index is -0.533. The van der Waals surface area contributed by atoms with E-state index in [2.05, 4.69) is 5.32 Å². The highest BCUT2D eigenvalue weighted by atomic mass is 19.1. The van der Waals surface area contributed by atoms with E-state index >= 15 is 0 Å². The Morgan fingerprint density at radius 3 is 1.97 bits per heavy atom. The molecule has 2 amide bonds. The van der Waals surface area contributed by atoms with Gasteiger partial charge in [0.15, 0.2) is 0 Å². The number of nitrogens with one attached hydrogen (secondary N) is 1. The monoisotopic (exact) mass is 488 g/mol. The van der Waals surface area contributed by atoms with Crippen LogP contribution >= 0.6 is 0 Å². The number of carbonyl (C=O) groups is 2. The number of hydrogen-bond donors (Lipinski definition) is 1. The maximum Gasteiger partial charge on any atom is 0.258 e. The molecule has 0 saturated carbocycles. The maximum absolute atomic E-state index is 13.8. The number of amides is 2. The second-order valence-electron chi connectivity index (χ2n) is 8.28. The number of carbonyl (C=O) groups excluding carboxylic acids is 2. The number of hydrogen-bond acceptors (Lipinski definition) is 2. The Kier molecular flexibility index (Phi) is 7.80. The predicted octanol–water partition coefficient (Wildman–Crippen LogP) is 5.81. The quantitative estimate of drug-likeness (QED) is 0.340. The summed E-state index contributed by atoms with van der Waals surface area (Å²) in [6.45, 7) is 0.378. The Morgan fingerprint density at radius 1 is 0.667 bits per heavy atom. The van der Waals surface area contributed by atoms with Crippen molar-refractivity contribution in [1.29, 1.82) is 0 Å². The molecule has 0 saturated heterocycles. The number of nitrogens with zero attached hydrogens (tertiary/aromatic N) is 1. The highest BCUT2D eigenvalue weighted by molar-refractivity contribution is 6.06. The fraction of sp³-hybridized carbons (Fsp3) is 0.103. The van der Waals surface area contributed by atoms with E-state index in [1.807, 2.05) is 0 Å².